The van der Waals surface area contributed by atoms with Gasteiger partial charge in [0.1, 0.15) is 0 Å². The van der Waals surface area contributed by atoms with Gasteiger partial charge in [0.15, 0.2) is 0 Å². The Hall–Kier alpha value is -0.0100. The van der Waals surface area contributed by atoms with E-state index >= 15 is 0 Å². The second kappa shape index (κ2) is 13.5. The number of nitrogens with one attached hydrogen (secondary N) is 1. The van der Waals surface area contributed by atoms with E-state index in [4.69, 9.17) is 69.6 Å². The van der Waals surface area contributed by atoms with E-state index in [1.54, 1.807) is 30.5 Å². The molecule has 3 aromatic rings. The zero-order valence-electron chi connectivity index (χ0n) is 15.3. The molecule has 0 fully saturated rings. The Balaban J connectivity index is 0.000000248. The lowest BCUT2D eigenvalue weighted by molar-refractivity contribution is 0.730. The third-order valence-corrected chi connectivity index (χ3v) is 7.06. The Morgan fingerprint density at radius 1 is 0.833 bits per heavy atom. The first-order valence-corrected chi connectivity index (χ1v) is 12.2. The minimum Gasteiger partial charge on any atom is -0.312 e. The van der Waals surface area contributed by atoms with E-state index in [2.05, 4.69) is 29.0 Å². The number of hydrogen-bond donors (Lipinski definition) is 2. The zero-order chi connectivity index (χ0) is 22.1. The van der Waals surface area contributed by atoms with E-state index in [1.165, 1.54) is 17.3 Å². The van der Waals surface area contributed by atoms with Crippen molar-refractivity contribution in [3.05, 3.63) is 84.5 Å². The highest BCUT2D eigenvalue weighted by molar-refractivity contribution is 7.99. The van der Waals surface area contributed by atoms with Crippen LogP contribution in [0.5, 0.6) is 0 Å². The van der Waals surface area contributed by atoms with Crippen molar-refractivity contribution in [2.45, 2.75) is 16.3 Å². The summed E-state index contributed by atoms with van der Waals surface area (Å²) in [6, 6.07) is 10.4. The monoisotopic (exact) mass is 558 g/mol. The molecular formula is C20H16Cl6N2S2. The van der Waals surface area contributed by atoms with Crippen LogP contribution in [0.1, 0.15) is 5.56 Å². The van der Waals surface area contributed by atoms with E-state index in [0.29, 0.717) is 39.9 Å². The summed E-state index contributed by atoms with van der Waals surface area (Å²) in [4.78, 5) is 5.28. The summed E-state index contributed by atoms with van der Waals surface area (Å²) in [6.45, 7) is 1.83. The second-order valence-electron chi connectivity index (χ2n) is 5.76. The molecule has 0 unspecified atom stereocenters. The third kappa shape index (κ3) is 8.50. The molecule has 160 valence electrons. The van der Waals surface area contributed by atoms with Crippen LogP contribution in [0.4, 0.5) is 0 Å². The van der Waals surface area contributed by atoms with Crippen LogP contribution < -0.4 is 5.32 Å². The average Bonchev–Trinajstić information content (AvgIpc) is 2.68. The molecular weight excluding hydrogens is 545 g/mol. The lowest BCUT2D eigenvalue weighted by Crippen LogP contribution is -2.15. The molecule has 0 saturated heterocycles. The molecule has 0 aliphatic heterocycles. The molecule has 0 aliphatic carbocycles. The smallest absolute Gasteiger partial charge is 0.0575 e. The molecule has 3 rings (SSSR count). The highest BCUT2D eigenvalue weighted by Gasteiger charge is 2.15. The maximum Gasteiger partial charge on any atom is 0.0575 e. The van der Waals surface area contributed by atoms with Crippen molar-refractivity contribution in [3.63, 3.8) is 0 Å². The van der Waals surface area contributed by atoms with Gasteiger partial charge in [-0.1, -0.05) is 87.4 Å². The fourth-order valence-electron chi connectivity index (χ4n) is 2.17. The van der Waals surface area contributed by atoms with Crippen molar-refractivity contribution >= 4 is 94.0 Å². The van der Waals surface area contributed by atoms with Gasteiger partial charge in [-0.25, -0.2) is 0 Å². The summed E-state index contributed by atoms with van der Waals surface area (Å²) < 4.78 is 0. The Labute approximate surface area is 216 Å². The Morgan fingerprint density at radius 3 is 1.73 bits per heavy atom. The molecule has 0 amide bonds. The van der Waals surface area contributed by atoms with Crippen molar-refractivity contribution in [2.75, 3.05) is 12.3 Å². The molecule has 10 heteroatoms. The molecule has 0 atom stereocenters. The number of pyridine rings is 1. The van der Waals surface area contributed by atoms with Crippen molar-refractivity contribution < 1.29 is 0 Å². The van der Waals surface area contributed by atoms with E-state index < -0.39 is 0 Å². The van der Waals surface area contributed by atoms with Gasteiger partial charge in [0.05, 0.1) is 20.1 Å². The lowest BCUT2D eigenvalue weighted by Gasteiger charge is -2.10. The number of rotatable bonds is 6. The van der Waals surface area contributed by atoms with Crippen LogP contribution in [0.3, 0.4) is 0 Å². The first kappa shape index (κ1) is 26.2. The molecule has 30 heavy (non-hydrogen) atoms. The van der Waals surface area contributed by atoms with Gasteiger partial charge in [-0.2, -0.15) is 12.6 Å². The van der Waals surface area contributed by atoms with Crippen LogP contribution in [0.15, 0.2) is 58.6 Å². The molecule has 1 aromatic heterocycles. The van der Waals surface area contributed by atoms with Gasteiger partial charge >= 0.3 is 0 Å². The van der Waals surface area contributed by atoms with E-state index in [0.717, 1.165) is 18.8 Å². The van der Waals surface area contributed by atoms with Crippen molar-refractivity contribution in [1.29, 1.82) is 0 Å². The van der Waals surface area contributed by atoms with Crippen molar-refractivity contribution in [3.8, 4) is 0 Å². The topological polar surface area (TPSA) is 24.9 Å². The minimum atomic E-state index is 0.435. The molecule has 0 bridgehead atoms. The predicted octanol–water partition coefficient (Wildman–Crippen LogP) is 8.86. The maximum absolute atomic E-state index is 6.12. The minimum absolute atomic E-state index is 0.435. The molecule has 0 radical (unpaired) electrons. The molecule has 0 aliphatic rings. The van der Waals surface area contributed by atoms with Gasteiger partial charge in [-0.05, 0) is 35.9 Å². The lowest BCUT2D eigenvalue weighted by atomic mass is 10.3. The van der Waals surface area contributed by atoms with Crippen LogP contribution in [-0.2, 0) is 6.54 Å². The standard InChI is InChI=1S/C12H4Cl6S.C8H12N2S/c13-5-1-7(15)11(8(16)2-5)19-12-9(17)3-6(14)4-10(12)18;11-5-4-10-7-8-2-1-3-9-6-8/h1-4H;1-3,6,10-11H,4-5,7H2. The maximum atomic E-state index is 6.12. The van der Waals surface area contributed by atoms with Crippen molar-refractivity contribution in [2.24, 2.45) is 0 Å². The number of nitrogens with zero attached hydrogens (tertiary/aromatic N) is 1. The van der Waals surface area contributed by atoms with E-state index in [-0.39, 0.29) is 0 Å². The summed E-state index contributed by atoms with van der Waals surface area (Å²) in [5.74, 6) is 0.875. The molecule has 2 nitrogen and oxygen atoms in total. The van der Waals surface area contributed by atoms with Gasteiger partial charge in [-0.15, -0.1) is 0 Å². The molecule has 1 N–H and O–H groups in total. The Morgan fingerprint density at radius 2 is 1.33 bits per heavy atom. The normalized spacial score (nSPS) is 10.5. The molecule has 0 saturated carbocycles. The van der Waals surface area contributed by atoms with Crippen LogP contribution in [0.25, 0.3) is 0 Å². The highest BCUT2D eigenvalue weighted by atomic mass is 35.5. The van der Waals surface area contributed by atoms with E-state index in [1.807, 2.05) is 12.3 Å². The van der Waals surface area contributed by atoms with Crippen LogP contribution in [0, 0.1) is 0 Å². The van der Waals surface area contributed by atoms with E-state index in [9.17, 15) is 0 Å². The van der Waals surface area contributed by atoms with Gasteiger partial charge in [0.25, 0.3) is 0 Å². The third-order valence-electron chi connectivity index (χ3n) is 3.47. The Kier molecular flexibility index (Phi) is 11.8. The number of halogens is 6. The van der Waals surface area contributed by atoms with Gasteiger partial charge in [0, 0.05) is 51.1 Å². The second-order valence-corrected chi connectivity index (χ2v) is 9.73. The summed E-state index contributed by atoms with van der Waals surface area (Å²) >= 11 is 41.6. The quantitative estimate of drug-likeness (QED) is 0.233. The van der Waals surface area contributed by atoms with Gasteiger partial charge in [0.2, 0.25) is 0 Å². The summed E-state index contributed by atoms with van der Waals surface area (Å²) in [7, 11) is 0. The zero-order valence-corrected chi connectivity index (χ0v) is 21.6. The molecule has 0 spiro atoms. The average molecular weight is 561 g/mol. The number of thiol groups is 1. The summed E-state index contributed by atoms with van der Waals surface area (Å²) in [5.41, 5.74) is 1.22. The first-order valence-electron chi connectivity index (χ1n) is 8.49. The summed E-state index contributed by atoms with van der Waals surface area (Å²) in [5, 5.41) is 5.90. The number of aromatic nitrogens is 1. The largest absolute Gasteiger partial charge is 0.312 e. The number of hydrogen-bond acceptors (Lipinski definition) is 4. The molecule has 1 heterocycles. The summed E-state index contributed by atoms with van der Waals surface area (Å²) in [6.07, 6.45) is 3.65. The van der Waals surface area contributed by atoms with Gasteiger partial charge in [-0.3, -0.25) is 4.98 Å². The SMILES string of the molecule is Clc1cc(Cl)c(Sc2c(Cl)cc(Cl)cc2Cl)c(Cl)c1.SCCNCc1cccnc1. The highest BCUT2D eigenvalue weighted by Crippen LogP contribution is 2.45. The van der Waals surface area contributed by atoms with Crippen LogP contribution in [0.2, 0.25) is 30.1 Å². The Bertz CT molecular complexity index is 871. The van der Waals surface area contributed by atoms with Crippen LogP contribution in [-0.4, -0.2) is 17.3 Å². The first-order chi connectivity index (χ1) is 14.3. The predicted molar refractivity (Wildman–Crippen MR) is 137 cm³/mol. The van der Waals surface area contributed by atoms with Crippen molar-refractivity contribution in [1.82, 2.24) is 10.3 Å². The fraction of sp³-hybridized carbons (Fsp3) is 0.150. The molecule has 2 aromatic carbocycles. The van der Waals surface area contributed by atoms with Gasteiger partial charge < -0.3 is 5.32 Å². The number of benzene rings is 2. The fourth-order valence-corrected chi connectivity index (χ4v) is 5.25. The van der Waals surface area contributed by atoms with Crippen LogP contribution >= 0.6 is 94.0 Å².